The number of nitrogens with zero attached hydrogens (tertiary/aromatic N) is 2. The summed E-state index contributed by atoms with van der Waals surface area (Å²) in [5.74, 6) is 2.26. The van der Waals surface area contributed by atoms with Gasteiger partial charge in [0.25, 0.3) is 5.89 Å². The Kier molecular flexibility index (Phi) is 4.48. The topological polar surface area (TPSA) is 57.4 Å². The molecule has 0 spiro atoms. The summed E-state index contributed by atoms with van der Waals surface area (Å²) in [5.41, 5.74) is 0.814. The van der Waals surface area contributed by atoms with Crippen molar-refractivity contribution in [3.63, 3.8) is 0 Å². The molecule has 0 aliphatic carbocycles. The van der Waals surface area contributed by atoms with E-state index in [1.165, 1.54) is 0 Å². The third kappa shape index (κ3) is 3.63. The van der Waals surface area contributed by atoms with Gasteiger partial charge in [0.2, 0.25) is 5.82 Å². The molecule has 0 bridgehead atoms. The lowest BCUT2D eigenvalue weighted by molar-refractivity contribution is 0.176. The molecular weight excluding hydrogens is 316 g/mol. The molecule has 3 rings (SSSR count). The molecule has 2 aromatic carbocycles. The molecule has 0 radical (unpaired) electrons. The van der Waals surface area contributed by atoms with Crippen molar-refractivity contribution in [2.24, 2.45) is 0 Å². The summed E-state index contributed by atoms with van der Waals surface area (Å²) in [5, 5.41) is 4.60. The lowest BCUT2D eigenvalue weighted by Gasteiger charge is -2.10. The van der Waals surface area contributed by atoms with Crippen molar-refractivity contribution < 1.29 is 14.0 Å². The highest BCUT2D eigenvalue weighted by Gasteiger charge is 2.17. The number of benzene rings is 2. The number of methoxy groups -OCH3 is 1. The second-order valence-corrected chi connectivity index (χ2v) is 5.34. The van der Waals surface area contributed by atoms with Crippen LogP contribution in [0.15, 0.2) is 53.1 Å². The summed E-state index contributed by atoms with van der Waals surface area (Å²) in [6.07, 6.45) is -0.389. The molecule has 1 atom stereocenters. The number of halogens is 1. The van der Waals surface area contributed by atoms with E-state index < -0.39 is 0 Å². The van der Waals surface area contributed by atoms with E-state index >= 15 is 0 Å². The van der Waals surface area contributed by atoms with Crippen LogP contribution < -0.4 is 9.47 Å². The zero-order chi connectivity index (χ0) is 16.2. The first kappa shape index (κ1) is 15.4. The first-order chi connectivity index (χ1) is 11.2. The number of aromatic nitrogens is 2. The van der Waals surface area contributed by atoms with Gasteiger partial charge in [-0.15, -0.1) is 0 Å². The summed E-state index contributed by atoms with van der Waals surface area (Å²) in [7, 11) is 1.61. The average molecular weight is 331 g/mol. The summed E-state index contributed by atoms with van der Waals surface area (Å²) in [4.78, 5) is 4.38. The second-order valence-electron chi connectivity index (χ2n) is 4.91. The Morgan fingerprint density at radius 2 is 1.87 bits per heavy atom. The Labute approximate surface area is 138 Å². The van der Waals surface area contributed by atoms with E-state index in [1.807, 2.05) is 43.3 Å². The lowest BCUT2D eigenvalue weighted by Crippen LogP contribution is -2.03. The van der Waals surface area contributed by atoms with E-state index in [9.17, 15) is 0 Å². The average Bonchev–Trinajstić information content (AvgIpc) is 3.05. The predicted octanol–water partition coefficient (Wildman–Crippen LogP) is 4.54. The second kappa shape index (κ2) is 6.71. The molecule has 0 amide bonds. The van der Waals surface area contributed by atoms with E-state index in [1.54, 1.807) is 19.2 Å². The minimum absolute atomic E-state index is 0.389. The quantitative estimate of drug-likeness (QED) is 0.687. The zero-order valence-corrected chi connectivity index (χ0v) is 13.4. The first-order valence-electron chi connectivity index (χ1n) is 7.06. The first-order valence-corrected chi connectivity index (χ1v) is 7.44. The van der Waals surface area contributed by atoms with E-state index in [2.05, 4.69) is 10.1 Å². The van der Waals surface area contributed by atoms with Crippen LogP contribution in [-0.4, -0.2) is 17.3 Å². The van der Waals surface area contributed by atoms with Gasteiger partial charge in [0.1, 0.15) is 11.5 Å². The Morgan fingerprint density at radius 3 is 2.65 bits per heavy atom. The van der Waals surface area contributed by atoms with E-state index in [0.29, 0.717) is 22.5 Å². The monoisotopic (exact) mass is 330 g/mol. The maximum absolute atomic E-state index is 5.94. The van der Waals surface area contributed by atoms with Gasteiger partial charge in [0.15, 0.2) is 6.10 Å². The fraction of sp³-hybridized carbons (Fsp3) is 0.176. The molecule has 118 valence electrons. The van der Waals surface area contributed by atoms with Crippen LogP contribution in [-0.2, 0) is 0 Å². The highest BCUT2D eigenvalue weighted by Crippen LogP contribution is 2.26. The van der Waals surface area contributed by atoms with Gasteiger partial charge in [-0.2, -0.15) is 4.98 Å². The Morgan fingerprint density at radius 1 is 1.09 bits per heavy atom. The van der Waals surface area contributed by atoms with E-state index in [-0.39, 0.29) is 6.10 Å². The Hall–Kier alpha value is -2.53. The highest BCUT2D eigenvalue weighted by atomic mass is 35.5. The van der Waals surface area contributed by atoms with Crippen molar-refractivity contribution in [1.29, 1.82) is 0 Å². The van der Waals surface area contributed by atoms with Gasteiger partial charge in [0, 0.05) is 10.6 Å². The fourth-order valence-corrected chi connectivity index (χ4v) is 2.25. The van der Waals surface area contributed by atoms with Gasteiger partial charge in [-0.3, -0.25) is 0 Å². The molecule has 0 aliphatic heterocycles. The molecule has 1 aromatic heterocycles. The molecule has 6 heteroatoms. The predicted molar refractivity (Wildman–Crippen MR) is 86.8 cm³/mol. The molecule has 3 aromatic rings. The van der Waals surface area contributed by atoms with Crippen LogP contribution in [0.3, 0.4) is 0 Å². The molecule has 23 heavy (non-hydrogen) atoms. The number of hydrogen-bond donors (Lipinski definition) is 0. The molecule has 0 saturated heterocycles. The van der Waals surface area contributed by atoms with Crippen LogP contribution in [0.5, 0.6) is 11.5 Å². The largest absolute Gasteiger partial charge is 0.497 e. The molecule has 0 aliphatic rings. The maximum atomic E-state index is 5.94. The van der Waals surface area contributed by atoms with Gasteiger partial charge >= 0.3 is 0 Å². The van der Waals surface area contributed by atoms with Gasteiger partial charge in [0.05, 0.1) is 7.11 Å². The minimum atomic E-state index is -0.389. The molecule has 1 heterocycles. The fourth-order valence-electron chi connectivity index (χ4n) is 2.07. The lowest BCUT2D eigenvalue weighted by atomic mass is 10.2. The van der Waals surface area contributed by atoms with Crippen LogP contribution in [0, 0.1) is 0 Å². The Bertz CT molecular complexity index is 804. The van der Waals surface area contributed by atoms with Crippen LogP contribution in [0.1, 0.15) is 18.9 Å². The summed E-state index contributed by atoms with van der Waals surface area (Å²) < 4.78 is 16.3. The van der Waals surface area contributed by atoms with Crippen molar-refractivity contribution in [2.75, 3.05) is 7.11 Å². The van der Waals surface area contributed by atoms with Crippen molar-refractivity contribution >= 4 is 11.6 Å². The molecule has 0 N–H and O–H groups in total. The molecule has 0 fully saturated rings. The highest BCUT2D eigenvalue weighted by molar-refractivity contribution is 6.30. The van der Waals surface area contributed by atoms with Crippen LogP contribution in [0.25, 0.3) is 11.4 Å². The van der Waals surface area contributed by atoms with Gasteiger partial charge in [-0.1, -0.05) is 35.0 Å². The zero-order valence-electron chi connectivity index (χ0n) is 12.7. The van der Waals surface area contributed by atoms with E-state index in [4.69, 9.17) is 25.6 Å². The summed E-state index contributed by atoms with van der Waals surface area (Å²) in [6.45, 7) is 1.84. The smallest absolute Gasteiger partial charge is 0.267 e. The molecule has 0 saturated carbocycles. The third-order valence-corrected chi connectivity index (χ3v) is 3.46. The van der Waals surface area contributed by atoms with Crippen LogP contribution in [0.4, 0.5) is 0 Å². The maximum Gasteiger partial charge on any atom is 0.267 e. The SMILES string of the molecule is COc1cccc(-c2noc(C(C)Oc3cccc(Cl)c3)n2)c1. The number of rotatable bonds is 5. The normalized spacial score (nSPS) is 12.0. The van der Waals surface area contributed by atoms with Crippen molar-refractivity contribution in [3.8, 4) is 22.9 Å². The molecule has 5 nitrogen and oxygen atoms in total. The minimum Gasteiger partial charge on any atom is -0.497 e. The standard InChI is InChI=1S/C17H15ClN2O3/c1-11(22-15-8-4-6-13(18)10-15)17-19-16(20-23-17)12-5-3-7-14(9-12)21-2/h3-11H,1-2H3. The van der Waals surface area contributed by atoms with E-state index in [0.717, 1.165) is 11.3 Å². The van der Waals surface area contributed by atoms with Crippen molar-refractivity contribution in [3.05, 3.63) is 59.4 Å². The van der Waals surface area contributed by atoms with Crippen molar-refractivity contribution in [1.82, 2.24) is 10.1 Å². The number of hydrogen-bond acceptors (Lipinski definition) is 5. The Balaban J connectivity index is 1.78. The van der Waals surface area contributed by atoms with Crippen LogP contribution >= 0.6 is 11.6 Å². The summed E-state index contributed by atoms with van der Waals surface area (Å²) in [6, 6.07) is 14.6. The van der Waals surface area contributed by atoms with Crippen molar-refractivity contribution in [2.45, 2.75) is 13.0 Å². The third-order valence-electron chi connectivity index (χ3n) is 3.23. The van der Waals surface area contributed by atoms with Gasteiger partial charge in [-0.05, 0) is 37.3 Å². The van der Waals surface area contributed by atoms with Gasteiger partial charge < -0.3 is 14.0 Å². The molecule has 1 unspecified atom stereocenters. The number of ether oxygens (including phenoxy) is 2. The summed E-state index contributed by atoms with van der Waals surface area (Å²) >= 11 is 5.94. The van der Waals surface area contributed by atoms with Crippen LogP contribution in [0.2, 0.25) is 5.02 Å². The molecular formula is C17H15ClN2O3. The van der Waals surface area contributed by atoms with Gasteiger partial charge in [-0.25, -0.2) is 0 Å².